The Morgan fingerprint density at radius 2 is 1.69 bits per heavy atom. The van der Waals surface area contributed by atoms with Gasteiger partial charge in [0.05, 0.1) is 27.5 Å². The Morgan fingerprint density at radius 3 is 2.31 bits per heavy atom. The van der Waals surface area contributed by atoms with Crippen molar-refractivity contribution in [3.63, 3.8) is 0 Å². The maximum absolute atomic E-state index is 13.0. The molecule has 0 fully saturated rings. The molecule has 0 amide bonds. The van der Waals surface area contributed by atoms with Crippen molar-refractivity contribution in [1.29, 1.82) is 0 Å². The minimum absolute atomic E-state index is 0.0198. The molecule has 0 saturated carbocycles. The molecule has 0 aliphatic heterocycles. The van der Waals surface area contributed by atoms with Gasteiger partial charge in [-0.15, -0.1) is 11.3 Å². The summed E-state index contributed by atoms with van der Waals surface area (Å²) in [6.45, 7) is 7.79. The predicted molar refractivity (Wildman–Crippen MR) is 129 cm³/mol. The van der Waals surface area contributed by atoms with Crippen LogP contribution in [0.4, 0.5) is 0 Å². The van der Waals surface area contributed by atoms with Crippen molar-refractivity contribution in [2.75, 3.05) is 27.2 Å². The number of rotatable bonds is 8. The number of Topliss-reactive ketones (excluding diaryl/α,β-unsaturated/α-hetero) is 2. The molecule has 168 valence electrons. The van der Waals surface area contributed by atoms with Gasteiger partial charge in [0.25, 0.3) is 5.56 Å². The van der Waals surface area contributed by atoms with E-state index in [1.54, 1.807) is 24.0 Å². The summed E-state index contributed by atoms with van der Waals surface area (Å²) in [5, 5.41) is 3.11. The van der Waals surface area contributed by atoms with Crippen LogP contribution in [-0.2, 0) is 0 Å². The number of aromatic amines is 1. The van der Waals surface area contributed by atoms with E-state index in [-0.39, 0.29) is 23.7 Å². The van der Waals surface area contributed by atoms with Gasteiger partial charge in [-0.3, -0.25) is 24.5 Å². The Labute approximate surface area is 191 Å². The Hall–Kier alpha value is -3.10. The van der Waals surface area contributed by atoms with Gasteiger partial charge in [-0.25, -0.2) is 4.68 Å². The summed E-state index contributed by atoms with van der Waals surface area (Å²) in [5.74, 6) is -0.200. The van der Waals surface area contributed by atoms with Crippen molar-refractivity contribution in [2.45, 2.75) is 27.7 Å². The standard InChI is InChI=1S/C24H28N4O3S/c1-14-7-8-18(11-15(14)2)28-24(31)23(17(4)26-28)16(3)25-12-19(29)21-9-10-22(32-21)20(30)13-27(5)6/h7-11,26H,12-13H2,1-6H3. The fraction of sp³-hybridized carbons (Fsp3) is 0.333. The minimum Gasteiger partial charge on any atom is -0.302 e. The fourth-order valence-electron chi connectivity index (χ4n) is 3.37. The van der Waals surface area contributed by atoms with Crippen molar-refractivity contribution in [3.05, 3.63) is 72.8 Å². The first-order valence-corrected chi connectivity index (χ1v) is 11.1. The number of aliphatic imine (C=N–C) groups is 1. The number of nitrogens with one attached hydrogen (secondary N) is 1. The largest absolute Gasteiger partial charge is 0.302 e. The van der Waals surface area contributed by atoms with E-state index in [4.69, 9.17) is 0 Å². The SMILES string of the molecule is CC(=NCC(=O)c1ccc(C(=O)CN(C)C)s1)c1c(C)[nH]n(-c2ccc(C)c(C)c2)c1=O. The third-order valence-corrected chi connectivity index (χ3v) is 6.42. The average molecular weight is 453 g/mol. The maximum atomic E-state index is 13.0. The highest BCUT2D eigenvalue weighted by Gasteiger charge is 2.17. The highest BCUT2D eigenvalue weighted by Crippen LogP contribution is 2.18. The number of benzene rings is 1. The number of carbonyl (C=O) groups excluding carboxylic acids is 2. The first-order chi connectivity index (χ1) is 15.1. The Balaban J connectivity index is 1.79. The van der Waals surface area contributed by atoms with Gasteiger partial charge >= 0.3 is 0 Å². The second-order valence-corrected chi connectivity index (χ2v) is 9.25. The van der Waals surface area contributed by atoms with Crippen molar-refractivity contribution in [3.8, 4) is 5.69 Å². The number of hydrogen-bond acceptors (Lipinski definition) is 6. The molecule has 3 aromatic rings. The maximum Gasteiger partial charge on any atom is 0.280 e. The third-order valence-electron chi connectivity index (χ3n) is 5.26. The van der Waals surface area contributed by atoms with E-state index < -0.39 is 0 Å². The molecule has 0 radical (unpaired) electrons. The van der Waals surface area contributed by atoms with Crippen LogP contribution in [-0.4, -0.2) is 59.1 Å². The smallest absolute Gasteiger partial charge is 0.280 e. The molecular weight excluding hydrogens is 424 g/mol. The molecular formula is C24H28N4O3S. The summed E-state index contributed by atoms with van der Waals surface area (Å²) in [6.07, 6.45) is 0. The lowest BCUT2D eigenvalue weighted by atomic mass is 10.1. The van der Waals surface area contributed by atoms with Crippen LogP contribution in [0.25, 0.3) is 5.69 Å². The van der Waals surface area contributed by atoms with E-state index in [1.165, 1.54) is 16.0 Å². The molecule has 0 unspecified atom stereocenters. The van der Waals surface area contributed by atoms with Gasteiger partial charge in [0, 0.05) is 11.4 Å². The number of carbonyl (C=O) groups is 2. The van der Waals surface area contributed by atoms with Gasteiger partial charge in [-0.05, 0) is 77.2 Å². The van der Waals surface area contributed by atoms with Crippen LogP contribution in [0, 0.1) is 20.8 Å². The number of likely N-dealkylation sites (N-methyl/N-ethyl adjacent to an activating group) is 1. The number of H-pyrrole nitrogens is 1. The molecule has 1 aromatic carbocycles. The normalized spacial score (nSPS) is 11.9. The summed E-state index contributed by atoms with van der Waals surface area (Å²) in [4.78, 5) is 45.0. The second kappa shape index (κ2) is 9.58. The van der Waals surface area contributed by atoms with E-state index in [2.05, 4.69) is 10.1 Å². The van der Waals surface area contributed by atoms with Crippen molar-refractivity contribution in [2.24, 2.45) is 4.99 Å². The lowest BCUT2D eigenvalue weighted by Crippen LogP contribution is -2.20. The summed E-state index contributed by atoms with van der Waals surface area (Å²) in [7, 11) is 3.65. The fourth-order valence-corrected chi connectivity index (χ4v) is 4.24. The molecule has 0 atom stereocenters. The minimum atomic E-state index is -0.202. The van der Waals surface area contributed by atoms with Crippen LogP contribution in [0.2, 0.25) is 0 Å². The summed E-state index contributed by atoms with van der Waals surface area (Å²) in [6, 6.07) is 9.17. The van der Waals surface area contributed by atoms with Crippen molar-refractivity contribution >= 4 is 28.6 Å². The van der Waals surface area contributed by atoms with Gasteiger partial charge in [-0.1, -0.05) is 6.07 Å². The quantitative estimate of drug-likeness (QED) is 0.418. The molecule has 1 N–H and O–H groups in total. The molecule has 0 aliphatic rings. The van der Waals surface area contributed by atoms with Crippen LogP contribution in [0.3, 0.4) is 0 Å². The van der Waals surface area contributed by atoms with E-state index in [0.29, 0.717) is 33.3 Å². The predicted octanol–water partition coefficient (Wildman–Crippen LogP) is 3.59. The average Bonchev–Trinajstić information content (AvgIpc) is 3.33. The van der Waals surface area contributed by atoms with Gasteiger partial charge in [-0.2, -0.15) is 0 Å². The highest BCUT2D eigenvalue weighted by atomic mass is 32.1. The second-order valence-electron chi connectivity index (χ2n) is 8.17. The van der Waals surface area contributed by atoms with Gasteiger partial charge < -0.3 is 4.90 Å². The Morgan fingerprint density at radius 1 is 1.03 bits per heavy atom. The number of thiophene rings is 1. The molecule has 0 saturated heterocycles. The number of aryl methyl sites for hydroxylation is 3. The van der Waals surface area contributed by atoms with Crippen LogP contribution < -0.4 is 5.56 Å². The third kappa shape index (κ3) is 5.03. The van der Waals surface area contributed by atoms with Gasteiger partial charge in [0.15, 0.2) is 11.6 Å². The molecule has 7 nitrogen and oxygen atoms in total. The van der Waals surface area contributed by atoms with Gasteiger partial charge in [0.1, 0.15) is 6.54 Å². The molecule has 3 rings (SSSR count). The zero-order chi connectivity index (χ0) is 23.6. The van der Waals surface area contributed by atoms with Crippen LogP contribution >= 0.6 is 11.3 Å². The summed E-state index contributed by atoms with van der Waals surface area (Å²) < 4.78 is 1.50. The first-order valence-electron chi connectivity index (χ1n) is 10.3. The zero-order valence-corrected chi connectivity index (χ0v) is 20.1. The lowest BCUT2D eigenvalue weighted by Gasteiger charge is -2.06. The zero-order valence-electron chi connectivity index (χ0n) is 19.3. The molecule has 32 heavy (non-hydrogen) atoms. The summed E-state index contributed by atoms with van der Waals surface area (Å²) in [5.41, 5.74) is 4.45. The molecule has 2 heterocycles. The molecule has 8 heteroatoms. The highest BCUT2D eigenvalue weighted by molar-refractivity contribution is 7.16. The van der Waals surface area contributed by atoms with Gasteiger partial charge in [0.2, 0.25) is 0 Å². The molecule has 0 spiro atoms. The number of ketones is 2. The van der Waals surface area contributed by atoms with Crippen LogP contribution in [0.15, 0.2) is 40.1 Å². The van der Waals surface area contributed by atoms with Crippen LogP contribution in [0.1, 0.15) is 48.7 Å². The lowest BCUT2D eigenvalue weighted by molar-refractivity contribution is 0.0961. The first kappa shape index (κ1) is 23.6. The molecule has 0 bridgehead atoms. The topological polar surface area (TPSA) is 87.5 Å². The van der Waals surface area contributed by atoms with Crippen molar-refractivity contribution in [1.82, 2.24) is 14.7 Å². The van der Waals surface area contributed by atoms with E-state index in [0.717, 1.165) is 16.8 Å². The summed E-state index contributed by atoms with van der Waals surface area (Å²) >= 11 is 1.18. The number of aromatic nitrogens is 2. The van der Waals surface area contributed by atoms with Crippen molar-refractivity contribution < 1.29 is 9.59 Å². The Kier molecular flexibility index (Phi) is 7.06. The van der Waals surface area contributed by atoms with Crippen LogP contribution in [0.5, 0.6) is 0 Å². The molecule has 0 aliphatic carbocycles. The van der Waals surface area contributed by atoms with E-state index in [1.807, 2.05) is 53.1 Å². The van der Waals surface area contributed by atoms with E-state index in [9.17, 15) is 14.4 Å². The Bertz CT molecular complexity index is 1260. The monoisotopic (exact) mass is 452 g/mol. The molecule has 2 aromatic heterocycles. The number of hydrogen-bond donors (Lipinski definition) is 1. The number of nitrogens with zero attached hydrogens (tertiary/aromatic N) is 3. The van der Waals surface area contributed by atoms with E-state index >= 15 is 0 Å².